The van der Waals surface area contributed by atoms with Crippen LogP contribution >= 0.6 is 0 Å². The summed E-state index contributed by atoms with van der Waals surface area (Å²) in [7, 11) is -3.11. The third kappa shape index (κ3) is 3.41. The van der Waals surface area contributed by atoms with Crippen LogP contribution in [0.4, 0.5) is 13.2 Å². The molecule has 0 aromatic heterocycles. The minimum Gasteiger partial charge on any atom is -0.315 e. The summed E-state index contributed by atoms with van der Waals surface area (Å²) in [6.45, 7) is 2.46. The van der Waals surface area contributed by atoms with Gasteiger partial charge >= 0.3 is 6.18 Å². The van der Waals surface area contributed by atoms with E-state index in [2.05, 4.69) is 5.32 Å². The molecule has 2 aliphatic rings. The van der Waals surface area contributed by atoms with Crippen LogP contribution in [0.5, 0.6) is 0 Å². The number of nitrogens with zero attached hydrogens (tertiary/aromatic N) is 1. The lowest BCUT2D eigenvalue weighted by molar-refractivity contribution is -0.178. The first-order valence-corrected chi connectivity index (χ1v) is 8.17. The largest absolute Gasteiger partial charge is 0.394 e. The molecule has 2 atom stereocenters. The Labute approximate surface area is 111 Å². The van der Waals surface area contributed by atoms with Gasteiger partial charge in [-0.1, -0.05) is 0 Å². The number of rotatable bonds is 1. The lowest BCUT2D eigenvalue weighted by atomic mass is 9.97. The molecule has 0 spiro atoms. The van der Waals surface area contributed by atoms with Crippen molar-refractivity contribution in [1.82, 2.24) is 10.2 Å². The quantitative estimate of drug-likeness (QED) is 0.772. The lowest BCUT2D eigenvalue weighted by Crippen LogP contribution is -2.51. The van der Waals surface area contributed by atoms with Crippen molar-refractivity contribution in [3.8, 4) is 0 Å². The molecule has 2 aliphatic heterocycles. The third-order valence-corrected chi connectivity index (χ3v) is 5.99. The summed E-state index contributed by atoms with van der Waals surface area (Å²) in [6.07, 6.45) is -3.83. The van der Waals surface area contributed by atoms with Crippen molar-refractivity contribution in [2.24, 2.45) is 5.92 Å². The normalized spacial score (nSPS) is 37.2. The van der Waals surface area contributed by atoms with Crippen molar-refractivity contribution in [2.45, 2.75) is 25.1 Å². The van der Waals surface area contributed by atoms with Crippen LogP contribution in [0.25, 0.3) is 0 Å². The van der Waals surface area contributed by atoms with Crippen LogP contribution in [0.2, 0.25) is 0 Å². The third-order valence-electron chi connectivity index (χ3n) is 4.10. The van der Waals surface area contributed by atoms with E-state index in [1.54, 1.807) is 11.8 Å². The summed E-state index contributed by atoms with van der Waals surface area (Å²) in [4.78, 5) is 1.70. The topological polar surface area (TPSA) is 49.4 Å². The van der Waals surface area contributed by atoms with Gasteiger partial charge in [0.1, 0.15) is 0 Å². The molecule has 2 fully saturated rings. The molecule has 0 aromatic carbocycles. The van der Waals surface area contributed by atoms with E-state index in [0.717, 1.165) is 0 Å². The van der Waals surface area contributed by atoms with Crippen LogP contribution in [0.3, 0.4) is 0 Å². The SMILES string of the molecule is CC1(N2CCNCC(C(F)(F)F)C2)CCS(=O)(=O)C1. The Morgan fingerprint density at radius 3 is 2.58 bits per heavy atom. The van der Waals surface area contributed by atoms with Gasteiger partial charge in [-0.25, -0.2) is 8.42 Å². The average molecular weight is 300 g/mol. The summed E-state index contributed by atoms with van der Waals surface area (Å²) in [6, 6.07) is 0. The number of nitrogens with one attached hydrogen (secondary N) is 1. The number of alkyl halides is 3. The van der Waals surface area contributed by atoms with Gasteiger partial charge in [-0.2, -0.15) is 13.2 Å². The van der Waals surface area contributed by atoms with Crippen LogP contribution in [-0.2, 0) is 9.84 Å². The molecule has 2 heterocycles. The Morgan fingerprint density at radius 2 is 2.05 bits per heavy atom. The number of hydrogen-bond donors (Lipinski definition) is 1. The summed E-state index contributed by atoms with van der Waals surface area (Å²) in [5.41, 5.74) is -0.658. The predicted octanol–water partition coefficient (Wildman–Crippen LogP) is 0.647. The summed E-state index contributed by atoms with van der Waals surface area (Å²) < 4.78 is 61.8. The molecule has 2 saturated heterocycles. The fourth-order valence-corrected chi connectivity index (χ4v) is 5.03. The molecule has 2 unspecified atom stereocenters. The first kappa shape index (κ1) is 15.1. The molecule has 1 N–H and O–H groups in total. The van der Waals surface area contributed by atoms with Crippen LogP contribution in [0, 0.1) is 5.92 Å². The molecular weight excluding hydrogens is 281 g/mol. The van der Waals surface area contributed by atoms with E-state index < -0.39 is 27.5 Å². The second-order valence-electron chi connectivity index (χ2n) is 5.73. The van der Waals surface area contributed by atoms with E-state index in [1.165, 1.54) is 0 Å². The van der Waals surface area contributed by atoms with E-state index >= 15 is 0 Å². The minimum atomic E-state index is -4.25. The number of halogens is 3. The van der Waals surface area contributed by atoms with Crippen molar-refractivity contribution in [2.75, 3.05) is 37.7 Å². The van der Waals surface area contributed by atoms with E-state index in [1.807, 2.05) is 0 Å². The predicted molar refractivity (Wildman–Crippen MR) is 65.7 cm³/mol. The van der Waals surface area contributed by atoms with Crippen LogP contribution < -0.4 is 5.32 Å². The maximum atomic E-state index is 12.9. The Kier molecular flexibility index (Phi) is 3.88. The maximum absolute atomic E-state index is 12.9. The van der Waals surface area contributed by atoms with Gasteiger partial charge in [-0.15, -0.1) is 0 Å². The molecule has 0 aliphatic carbocycles. The molecule has 4 nitrogen and oxygen atoms in total. The highest BCUT2D eigenvalue weighted by Gasteiger charge is 2.47. The molecule has 112 valence electrons. The minimum absolute atomic E-state index is 0.0371. The van der Waals surface area contributed by atoms with Gasteiger partial charge in [0.2, 0.25) is 0 Å². The fraction of sp³-hybridized carbons (Fsp3) is 1.00. The fourth-order valence-electron chi connectivity index (χ4n) is 2.86. The summed E-state index contributed by atoms with van der Waals surface area (Å²) >= 11 is 0. The van der Waals surface area contributed by atoms with Crippen molar-refractivity contribution >= 4 is 9.84 Å². The molecule has 0 saturated carbocycles. The highest BCUT2D eigenvalue weighted by molar-refractivity contribution is 7.91. The van der Waals surface area contributed by atoms with Gasteiger partial charge in [-0.05, 0) is 13.3 Å². The summed E-state index contributed by atoms with van der Waals surface area (Å²) in [5.74, 6) is -1.40. The van der Waals surface area contributed by atoms with Gasteiger partial charge in [0.05, 0.1) is 17.4 Å². The lowest BCUT2D eigenvalue weighted by Gasteiger charge is -2.38. The smallest absolute Gasteiger partial charge is 0.315 e. The monoisotopic (exact) mass is 300 g/mol. The molecule has 0 bridgehead atoms. The molecule has 0 aromatic rings. The van der Waals surface area contributed by atoms with Gasteiger partial charge < -0.3 is 5.32 Å². The van der Waals surface area contributed by atoms with Crippen molar-refractivity contribution in [1.29, 1.82) is 0 Å². The van der Waals surface area contributed by atoms with Crippen molar-refractivity contribution < 1.29 is 21.6 Å². The Morgan fingerprint density at radius 1 is 1.37 bits per heavy atom. The van der Waals surface area contributed by atoms with E-state index in [-0.39, 0.29) is 24.6 Å². The molecule has 8 heteroatoms. The standard InChI is InChI=1S/C11H19F3N2O2S/c1-10(2-5-19(17,18)8-10)16-4-3-15-6-9(7-16)11(12,13)14/h9,15H,2-8H2,1H3. The zero-order valence-electron chi connectivity index (χ0n) is 10.8. The van der Waals surface area contributed by atoms with Gasteiger partial charge in [0.25, 0.3) is 0 Å². The summed E-state index contributed by atoms with van der Waals surface area (Å²) in [5, 5.41) is 2.78. The van der Waals surface area contributed by atoms with Gasteiger partial charge in [-0.3, -0.25) is 4.90 Å². The highest BCUT2D eigenvalue weighted by atomic mass is 32.2. The molecule has 0 radical (unpaired) electrons. The molecule has 2 rings (SSSR count). The second-order valence-corrected chi connectivity index (χ2v) is 7.91. The van der Waals surface area contributed by atoms with E-state index in [9.17, 15) is 21.6 Å². The van der Waals surface area contributed by atoms with E-state index in [4.69, 9.17) is 0 Å². The zero-order valence-corrected chi connectivity index (χ0v) is 11.6. The zero-order chi connectivity index (χ0) is 14.3. The van der Waals surface area contributed by atoms with Crippen LogP contribution in [0.15, 0.2) is 0 Å². The van der Waals surface area contributed by atoms with E-state index in [0.29, 0.717) is 19.5 Å². The first-order chi connectivity index (χ1) is 8.62. The first-order valence-electron chi connectivity index (χ1n) is 6.35. The molecule has 19 heavy (non-hydrogen) atoms. The highest BCUT2D eigenvalue weighted by Crippen LogP contribution is 2.34. The molecule has 0 amide bonds. The number of hydrogen-bond acceptors (Lipinski definition) is 4. The van der Waals surface area contributed by atoms with Crippen LogP contribution in [-0.4, -0.2) is 62.7 Å². The van der Waals surface area contributed by atoms with Gasteiger partial charge in [0.15, 0.2) is 9.84 Å². The number of sulfone groups is 1. The second kappa shape index (κ2) is 4.89. The average Bonchev–Trinajstić information content (AvgIpc) is 2.50. The van der Waals surface area contributed by atoms with Crippen molar-refractivity contribution in [3.63, 3.8) is 0 Å². The van der Waals surface area contributed by atoms with Crippen LogP contribution in [0.1, 0.15) is 13.3 Å². The Bertz CT molecular complexity index is 438. The Balaban J connectivity index is 2.15. The maximum Gasteiger partial charge on any atom is 0.394 e. The Hall–Kier alpha value is -0.340. The molecular formula is C11H19F3N2O2S. The van der Waals surface area contributed by atoms with Gasteiger partial charge in [0, 0.05) is 31.7 Å². The van der Waals surface area contributed by atoms with Crippen molar-refractivity contribution in [3.05, 3.63) is 0 Å².